The molecule has 3 heterocycles. The van der Waals surface area contributed by atoms with Crippen molar-refractivity contribution in [3.8, 4) is 22.8 Å². The fraction of sp³-hybridized carbons (Fsp3) is 0.310. The van der Waals surface area contributed by atoms with Crippen molar-refractivity contribution in [2.24, 2.45) is 5.92 Å². The normalized spacial score (nSPS) is 14.8. The van der Waals surface area contributed by atoms with E-state index in [-0.39, 0.29) is 17.5 Å². The molecule has 0 aliphatic carbocycles. The topological polar surface area (TPSA) is 140 Å². The summed E-state index contributed by atoms with van der Waals surface area (Å²) >= 11 is 0. The van der Waals surface area contributed by atoms with Gasteiger partial charge in [-0.15, -0.1) is 0 Å². The van der Waals surface area contributed by atoms with Crippen LogP contribution in [0.4, 0.5) is 20.2 Å². The Labute approximate surface area is 254 Å². The molecule has 2 aromatic heterocycles. The molecule has 1 aliphatic rings. The van der Waals surface area contributed by atoms with Crippen LogP contribution in [0.2, 0.25) is 0 Å². The number of aromatic nitrogens is 2. The quantitative estimate of drug-likeness (QED) is 0.255. The predicted octanol–water partition coefficient (Wildman–Crippen LogP) is 4.48. The fourth-order valence-electron chi connectivity index (χ4n) is 5.13. The average Bonchev–Trinajstić information content (AvgIpc) is 2.98. The highest BCUT2D eigenvalue weighted by molar-refractivity contribution is 7.92. The zero-order chi connectivity index (χ0) is 31.6. The van der Waals surface area contributed by atoms with Gasteiger partial charge in [0.1, 0.15) is 22.2 Å². The van der Waals surface area contributed by atoms with Gasteiger partial charge >= 0.3 is 0 Å². The van der Waals surface area contributed by atoms with E-state index in [1.807, 2.05) is 6.07 Å². The van der Waals surface area contributed by atoms with Crippen molar-refractivity contribution in [3.63, 3.8) is 0 Å². The first-order valence-electron chi connectivity index (χ1n) is 13.6. The first kappa shape index (κ1) is 31.3. The number of hydrogen-bond donors (Lipinski definition) is 2. The van der Waals surface area contributed by atoms with E-state index < -0.39 is 36.6 Å². The average molecular weight is 648 g/mol. The molecule has 1 saturated heterocycles. The van der Waals surface area contributed by atoms with E-state index in [9.17, 15) is 25.6 Å². The Hall–Kier alpha value is -4.08. The van der Waals surface area contributed by atoms with Gasteiger partial charge in [-0.2, -0.15) is 0 Å². The molecule has 0 radical (unpaired) electrons. The van der Waals surface area contributed by atoms with Crippen LogP contribution >= 0.6 is 0 Å². The minimum Gasteiger partial charge on any atom is -0.494 e. The van der Waals surface area contributed by atoms with Crippen LogP contribution in [0.25, 0.3) is 22.0 Å². The van der Waals surface area contributed by atoms with E-state index in [2.05, 4.69) is 20.0 Å². The third kappa shape index (κ3) is 6.69. The van der Waals surface area contributed by atoms with Crippen molar-refractivity contribution < 1.29 is 35.1 Å². The van der Waals surface area contributed by atoms with E-state index in [0.717, 1.165) is 25.0 Å². The van der Waals surface area contributed by atoms with Crippen LogP contribution < -0.4 is 19.5 Å². The number of fused-ring (bicyclic) bond motifs is 1. The van der Waals surface area contributed by atoms with Gasteiger partial charge in [-0.05, 0) is 54.7 Å². The number of benzene rings is 2. The molecule has 234 valence electrons. The summed E-state index contributed by atoms with van der Waals surface area (Å²) in [6.07, 6.45) is 5.88. The van der Waals surface area contributed by atoms with E-state index in [1.165, 1.54) is 29.9 Å². The fourth-order valence-corrected chi connectivity index (χ4v) is 7.11. The first-order chi connectivity index (χ1) is 20.9. The van der Waals surface area contributed by atoms with Crippen molar-refractivity contribution in [1.82, 2.24) is 14.3 Å². The molecule has 5 rings (SSSR count). The third-order valence-electron chi connectivity index (χ3n) is 7.45. The van der Waals surface area contributed by atoms with E-state index in [1.54, 1.807) is 25.4 Å². The number of piperidine rings is 1. The van der Waals surface area contributed by atoms with Gasteiger partial charge in [-0.25, -0.2) is 34.9 Å². The Morgan fingerprint density at radius 3 is 2.32 bits per heavy atom. The standard InChI is InChI=1S/C29H31F2N5O6S2/c1-41-28-22-12-19(4-6-24(22)33-17-26(28)32-15-18-8-10-36(11-9-18)43(3,37)38)20-13-25(29(42-2)34-16-20)35-44(39,40)27-7-5-21(30)14-23(27)31/h4-7,12-14,16-18,32,35H,8-11,15H2,1-3H3. The van der Waals surface area contributed by atoms with Gasteiger partial charge in [0, 0.05) is 42.8 Å². The number of methoxy groups -OCH3 is 2. The van der Waals surface area contributed by atoms with Crippen molar-refractivity contribution in [2.75, 3.05) is 50.1 Å². The molecule has 0 amide bonds. The number of rotatable bonds is 10. The van der Waals surface area contributed by atoms with Crippen LogP contribution in [-0.2, 0) is 20.0 Å². The lowest BCUT2D eigenvalue weighted by Gasteiger charge is -2.30. The van der Waals surface area contributed by atoms with E-state index in [4.69, 9.17) is 9.47 Å². The monoisotopic (exact) mass is 647 g/mol. The molecule has 1 aliphatic heterocycles. The third-order valence-corrected chi connectivity index (χ3v) is 10.2. The molecule has 15 heteroatoms. The predicted molar refractivity (Wildman–Crippen MR) is 163 cm³/mol. The summed E-state index contributed by atoms with van der Waals surface area (Å²) in [5.41, 5.74) is 2.46. The molecular formula is C29H31F2N5O6S2. The molecule has 0 bridgehead atoms. The van der Waals surface area contributed by atoms with Gasteiger partial charge in [0.2, 0.25) is 15.9 Å². The lowest BCUT2D eigenvalue weighted by molar-refractivity contribution is 0.283. The SMILES string of the molecule is COc1ncc(-c2ccc3ncc(NCC4CCN(S(C)(=O)=O)CC4)c(OC)c3c2)cc1NS(=O)(=O)c1ccc(F)cc1F. The van der Waals surface area contributed by atoms with Gasteiger partial charge in [0.25, 0.3) is 10.0 Å². The second-order valence-corrected chi connectivity index (χ2v) is 14.0. The largest absolute Gasteiger partial charge is 0.494 e. The number of ether oxygens (including phenoxy) is 2. The molecule has 0 atom stereocenters. The molecule has 44 heavy (non-hydrogen) atoms. The summed E-state index contributed by atoms with van der Waals surface area (Å²) in [6.45, 7) is 1.57. The van der Waals surface area contributed by atoms with Crippen LogP contribution in [0.1, 0.15) is 12.8 Å². The van der Waals surface area contributed by atoms with Crippen LogP contribution in [-0.4, -0.2) is 71.2 Å². The number of nitrogens with one attached hydrogen (secondary N) is 2. The minimum absolute atomic E-state index is 0.0451. The van der Waals surface area contributed by atoms with Crippen LogP contribution in [0.15, 0.2) is 59.8 Å². The molecule has 0 spiro atoms. The summed E-state index contributed by atoms with van der Waals surface area (Å²) < 4.78 is 92.0. The molecule has 2 aromatic carbocycles. The highest BCUT2D eigenvalue weighted by Crippen LogP contribution is 2.37. The van der Waals surface area contributed by atoms with Crippen molar-refractivity contribution in [1.29, 1.82) is 0 Å². The van der Waals surface area contributed by atoms with Crippen molar-refractivity contribution in [2.45, 2.75) is 17.7 Å². The Balaban J connectivity index is 1.41. The lowest BCUT2D eigenvalue weighted by Crippen LogP contribution is -2.39. The second-order valence-electron chi connectivity index (χ2n) is 10.4. The van der Waals surface area contributed by atoms with Crippen LogP contribution in [0.3, 0.4) is 0 Å². The molecule has 0 unspecified atom stereocenters. The summed E-state index contributed by atoms with van der Waals surface area (Å²) in [7, 11) is -4.79. The van der Waals surface area contributed by atoms with Crippen LogP contribution in [0, 0.1) is 17.6 Å². The number of anilines is 2. The van der Waals surface area contributed by atoms with Crippen LogP contribution in [0.5, 0.6) is 11.6 Å². The van der Waals surface area contributed by atoms with Gasteiger partial charge in [0.15, 0.2) is 5.75 Å². The number of nitrogens with zero attached hydrogens (tertiary/aromatic N) is 3. The Bertz CT molecular complexity index is 1920. The zero-order valence-corrected chi connectivity index (χ0v) is 25.8. The maximum Gasteiger partial charge on any atom is 0.264 e. The molecule has 4 aromatic rings. The highest BCUT2D eigenvalue weighted by atomic mass is 32.2. The minimum atomic E-state index is -4.45. The number of pyridine rings is 2. The summed E-state index contributed by atoms with van der Waals surface area (Å²) in [4.78, 5) is 8.05. The second kappa shape index (κ2) is 12.5. The van der Waals surface area contributed by atoms with Gasteiger partial charge in [-0.3, -0.25) is 9.71 Å². The van der Waals surface area contributed by atoms with E-state index in [0.29, 0.717) is 59.2 Å². The maximum atomic E-state index is 14.3. The summed E-state index contributed by atoms with van der Waals surface area (Å²) in [6, 6.07) is 9.09. The van der Waals surface area contributed by atoms with Crippen molar-refractivity contribution in [3.05, 3.63) is 66.5 Å². The molecule has 1 fully saturated rings. The van der Waals surface area contributed by atoms with Gasteiger partial charge < -0.3 is 14.8 Å². The zero-order valence-electron chi connectivity index (χ0n) is 24.2. The van der Waals surface area contributed by atoms with E-state index >= 15 is 0 Å². The summed E-state index contributed by atoms with van der Waals surface area (Å²) in [5, 5.41) is 4.09. The summed E-state index contributed by atoms with van der Waals surface area (Å²) in [5.74, 6) is -1.36. The Morgan fingerprint density at radius 1 is 0.909 bits per heavy atom. The molecule has 0 saturated carbocycles. The Morgan fingerprint density at radius 2 is 1.66 bits per heavy atom. The van der Waals surface area contributed by atoms with Crippen molar-refractivity contribution >= 4 is 42.3 Å². The smallest absolute Gasteiger partial charge is 0.264 e. The highest BCUT2D eigenvalue weighted by Gasteiger charge is 2.25. The molecule has 11 nitrogen and oxygen atoms in total. The first-order valence-corrected chi connectivity index (χ1v) is 16.9. The van der Waals surface area contributed by atoms with Gasteiger partial charge in [0.05, 0.1) is 37.9 Å². The number of sulfonamides is 2. The van der Waals surface area contributed by atoms with Gasteiger partial charge in [-0.1, -0.05) is 6.07 Å². The maximum absolute atomic E-state index is 14.3. The molecular weight excluding hydrogens is 616 g/mol. The lowest BCUT2D eigenvalue weighted by atomic mass is 9.98. The number of hydrogen-bond acceptors (Lipinski definition) is 9. The Kier molecular flexibility index (Phi) is 8.90. The molecule has 2 N–H and O–H groups in total. The number of halogens is 2.